The molecule has 1 aliphatic rings. The van der Waals surface area contributed by atoms with Crippen LogP contribution in [0.1, 0.15) is 63.0 Å². The van der Waals surface area contributed by atoms with Crippen molar-refractivity contribution in [2.24, 2.45) is 5.73 Å². The first kappa shape index (κ1) is 23.4. The summed E-state index contributed by atoms with van der Waals surface area (Å²) in [6, 6.07) is 15.6. The highest BCUT2D eigenvalue weighted by molar-refractivity contribution is 7.09. The predicted octanol–water partition coefficient (Wildman–Crippen LogP) is 3.58. The van der Waals surface area contributed by atoms with E-state index in [-0.39, 0.29) is 28.2 Å². The Hall–Kier alpha value is -3.72. The lowest BCUT2D eigenvalue weighted by molar-refractivity contribution is -0.123. The lowest BCUT2D eigenvalue weighted by Crippen LogP contribution is -2.46. The molecule has 1 atom stereocenters. The Morgan fingerprint density at radius 3 is 2.29 bits per heavy atom. The standard InChI is InChI=1S/C25H27N5O3S/c1-15-11-13-16(14-12-15)21(24(32)28-17-7-5-6-8-17)30(18-9-3-2-4-10-18)25(33)22-19(26)20(23(27)31)29-34-22/h2-4,9-14,17,21H,5-8,26H2,1H3,(H2,27,31)(H,28,32)/t21-/m1/s1. The molecular formula is C25H27N5O3S. The minimum atomic E-state index is -0.949. The van der Waals surface area contributed by atoms with E-state index in [1.54, 1.807) is 24.3 Å². The van der Waals surface area contributed by atoms with Crippen molar-refractivity contribution in [1.82, 2.24) is 9.69 Å². The van der Waals surface area contributed by atoms with E-state index in [1.807, 2.05) is 37.3 Å². The van der Waals surface area contributed by atoms with Crippen molar-refractivity contribution in [1.29, 1.82) is 0 Å². The molecule has 0 spiro atoms. The Kier molecular flexibility index (Phi) is 6.93. The van der Waals surface area contributed by atoms with Gasteiger partial charge in [0.25, 0.3) is 11.8 Å². The van der Waals surface area contributed by atoms with Crippen molar-refractivity contribution in [2.75, 3.05) is 10.6 Å². The largest absolute Gasteiger partial charge is 0.395 e. The molecule has 1 aliphatic carbocycles. The van der Waals surface area contributed by atoms with Gasteiger partial charge in [-0.1, -0.05) is 60.9 Å². The van der Waals surface area contributed by atoms with Gasteiger partial charge in [-0.15, -0.1) is 0 Å². The number of hydrogen-bond donors (Lipinski definition) is 3. The molecular weight excluding hydrogens is 450 g/mol. The monoisotopic (exact) mass is 477 g/mol. The molecule has 2 aromatic carbocycles. The Bertz CT molecular complexity index is 1190. The van der Waals surface area contributed by atoms with E-state index >= 15 is 0 Å². The zero-order chi connectivity index (χ0) is 24.2. The van der Waals surface area contributed by atoms with Gasteiger partial charge in [-0.05, 0) is 49.0 Å². The number of amides is 3. The van der Waals surface area contributed by atoms with Gasteiger partial charge in [0, 0.05) is 11.7 Å². The van der Waals surface area contributed by atoms with Crippen LogP contribution in [0.5, 0.6) is 0 Å². The van der Waals surface area contributed by atoms with Gasteiger partial charge in [0.05, 0.1) is 5.69 Å². The quantitative estimate of drug-likeness (QED) is 0.479. The average molecular weight is 478 g/mol. The summed E-state index contributed by atoms with van der Waals surface area (Å²) < 4.78 is 3.98. The molecule has 0 bridgehead atoms. The Balaban J connectivity index is 1.82. The summed E-state index contributed by atoms with van der Waals surface area (Å²) in [5.41, 5.74) is 13.4. The molecule has 9 heteroatoms. The molecule has 3 amide bonds. The second-order valence-electron chi connectivity index (χ2n) is 8.45. The summed E-state index contributed by atoms with van der Waals surface area (Å²) in [6.07, 6.45) is 3.95. The Morgan fingerprint density at radius 2 is 1.71 bits per heavy atom. The van der Waals surface area contributed by atoms with Gasteiger partial charge >= 0.3 is 0 Å². The topological polar surface area (TPSA) is 131 Å². The molecule has 1 heterocycles. The fraction of sp³-hybridized carbons (Fsp3) is 0.280. The van der Waals surface area contributed by atoms with Crippen molar-refractivity contribution in [3.8, 4) is 0 Å². The van der Waals surface area contributed by atoms with Crippen LogP contribution in [-0.4, -0.2) is 28.1 Å². The number of carbonyl (C=O) groups is 3. The van der Waals surface area contributed by atoms with Crippen LogP contribution in [0, 0.1) is 6.92 Å². The highest BCUT2D eigenvalue weighted by atomic mass is 32.1. The van der Waals surface area contributed by atoms with Crippen molar-refractivity contribution in [3.63, 3.8) is 0 Å². The zero-order valence-corrected chi connectivity index (χ0v) is 19.7. The smallest absolute Gasteiger partial charge is 0.273 e. The summed E-state index contributed by atoms with van der Waals surface area (Å²) in [5.74, 6) is -1.61. The molecule has 1 fully saturated rings. The van der Waals surface area contributed by atoms with E-state index in [4.69, 9.17) is 11.5 Å². The second-order valence-corrected chi connectivity index (χ2v) is 9.23. The summed E-state index contributed by atoms with van der Waals surface area (Å²) in [5, 5.41) is 3.14. The number of nitrogen functional groups attached to an aromatic ring is 1. The van der Waals surface area contributed by atoms with Crippen molar-refractivity contribution in [2.45, 2.75) is 44.7 Å². The number of primary amides is 1. The molecule has 5 N–H and O–H groups in total. The number of anilines is 2. The fourth-order valence-corrected chi connectivity index (χ4v) is 4.97. The second kappa shape index (κ2) is 10.0. The maximum atomic E-state index is 13.9. The van der Waals surface area contributed by atoms with Gasteiger partial charge in [-0.25, -0.2) is 0 Å². The number of aryl methyl sites for hydroxylation is 1. The van der Waals surface area contributed by atoms with Crippen molar-refractivity contribution >= 4 is 40.6 Å². The maximum Gasteiger partial charge on any atom is 0.273 e. The molecule has 0 unspecified atom stereocenters. The summed E-state index contributed by atoms with van der Waals surface area (Å²) in [6.45, 7) is 1.96. The zero-order valence-electron chi connectivity index (χ0n) is 18.9. The van der Waals surface area contributed by atoms with E-state index in [9.17, 15) is 14.4 Å². The highest BCUT2D eigenvalue weighted by Gasteiger charge is 2.36. The number of hydrogen-bond acceptors (Lipinski definition) is 6. The molecule has 3 aromatic rings. The van der Waals surface area contributed by atoms with Crippen molar-refractivity contribution in [3.05, 3.63) is 76.3 Å². The third-order valence-electron chi connectivity index (χ3n) is 6.01. The van der Waals surface area contributed by atoms with Crippen LogP contribution in [0.4, 0.5) is 11.4 Å². The number of rotatable bonds is 7. The predicted molar refractivity (Wildman–Crippen MR) is 133 cm³/mol. The summed E-state index contributed by atoms with van der Waals surface area (Å²) in [4.78, 5) is 40.8. The number of benzene rings is 2. The highest BCUT2D eigenvalue weighted by Crippen LogP contribution is 2.33. The number of para-hydroxylation sites is 1. The van der Waals surface area contributed by atoms with Gasteiger partial charge in [0.15, 0.2) is 5.69 Å². The van der Waals surface area contributed by atoms with Gasteiger partial charge in [0.2, 0.25) is 5.91 Å². The van der Waals surface area contributed by atoms with Crippen LogP contribution in [0.3, 0.4) is 0 Å². The van der Waals surface area contributed by atoms with Crippen LogP contribution in [0.15, 0.2) is 54.6 Å². The van der Waals surface area contributed by atoms with Gasteiger partial charge < -0.3 is 16.8 Å². The van der Waals surface area contributed by atoms with Crippen LogP contribution < -0.4 is 21.7 Å². The molecule has 0 saturated heterocycles. The first-order chi connectivity index (χ1) is 16.4. The molecule has 1 aromatic heterocycles. The third kappa shape index (κ3) is 4.79. The minimum Gasteiger partial charge on any atom is -0.395 e. The molecule has 176 valence electrons. The number of aromatic nitrogens is 1. The fourth-order valence-electron chi connectivity index (χ4n) is 4.23. The lowest BCUT2D eigenvalue weighted by Gasteiger charge is -2.32. The number of nitrogens with zero attached hydrogens (tertiary/aromatic N) is 2. The number of nitrogens with one attached hydrogen (secondary N) is 1. The van der Waals surface area contributed by atoms with E-state index in [2.05, 4.69) is 9.69 Å². The van der Waals surface area contributed by atoms with Gasteiger partial charge in [-0.3, -0.25) is 19.3 Å². The van der Waals surface area contributed by atoms with Crippen LogP contribution >= 0.6 is 11.5 Å². The normalized spacial score (nSPS) is 14.5. The van der Waals surface area contributed by atoms with Crippen LogP contribution in [-0.2, 0) is 4.79 Å². The molecule has 1 saturated carbocycles. The van der Waals surface area contributed by atoms with Crippen molar-refractivity contribution < 1.29 is 14.4 Å². The van der Waals surface area contributed by atoms with E-state index < -0.39 is 17.9 Å². The van der Waals surface area contributed by atoms with Crippen LogP contribution in [0.2, 0.25) is 0 Å². The number of nitrogens with two attached hydrogens (primary N) is 2. The first-order valence-electron chi connectivity index (χ1n) is 11.2. The first-order valence-corrected chi connectivity index (χ1v) is 11.9. The molecule has 4 rings (SSSR count). The minimum absolute atomic E-state index is 0.0587. The molecule has 8 nitrogen and oxygen atoms in total. The maximum absolute atomic E-state index is 13.9. The molecule has 0 aliphatic heterocycles. The Labute approximate surface area is 202 Å². The van der Waals surface area contributed by atoms with Gasteiger partial charge in [-0.2, -0.15) is 4.37 Å². The molecule has 34 heavy (non-hydrogen) atoms. The Morgan fingerprint density at radius 1 is 1.06 bits per heavy atom. The van der Waals surface area contributed by atoms with Crippen LogP contribution in [0.25, 0.3) is 0 Å². The number of carbonyl (C=O) groups excluding carboxylic acids is 3. The van der Waals surface area contributed by atoms with E-state index in [0.717, 1.165) is 42.8 Å². The SMILES string of the molecule is Cc1ccc([C@H](C(=O)NC2CCCC2)N(C(=O)c2snc(C(N)=O)c2N)c2ccccc2)cc1. The van der Waals surface area contributed by atoms with Gasteiger partial charge in [0.1, 0.15) is 10.9 Å². The third-order valence-corrected chi connectivity index (χ3v) is 6.86. The average Bonchev–Trinajstić information content (AvgIpc) is 3.48. The van der Waals surface area contributed by atoms with E-state index in [0.29, 0.717) is 11.3 Å². The van der Waals surface area contributed by atoms with E-state index in [1.165, 1.54) is 4.90 Å². The lowest BCUT2D eigenvalue weighted by atomic mass is 10.0. The molecule has 0 radical (unpaired) electrons. The summed E-state index contributed by atoms with van der Waals surface area (Å²) >= 11 is 0.797. The summed E-state index contributed by atoms with van der Waals surface area (Å²) in [7, 11) is 0.